The molecule has 0 aromatic heterocycles. The van der Waals surface area contributed by atoms with Gasteiger partial charge in [0.05, 0.1) is 18.8 Å². The standard InChI is InChI=1S/C13H27NO2/c1-4-11(5-2)9-12(15)13-10-14(6-3)7-8-16-13/h11-13,15H,4-10H2,1-3H3. The van der Waals surface area contributed by atoms with E-state index in [2.05, 4.69) is 25.7 Å². The predicted molar refractivity (Wildman–Crippen MR) is 66.5 cm³/mol. The van der Waals surface area contributed by atoms with Crippen molar-refractivity contribution in [3.63, 3.8) is 0 Å². The van der Waals surface area contributed by atoms with E-state index in [4.69, 9.17) is 4.74 Å². The van der Waals surface area contributed by atoms with Crippen LogP contribution in [0.25, 0.3) is 0 Å². The summed E-state index contributed by atoms with van der Waals surface area (Å²) in [5.74, 6) is 0.635. The zero-order chi connectivity index (χ0) is 12.0. The van der Waals surface area contributed by atoms with E-state index in [0.29, 0.717) is 5.92 Å². The molecule has 0 saturated carbocycles. The zero-order valence-electron chi connectivity index (χ0n) is 11.0. The normalized spacial score (nSPS) is 24.9. The molecule has 3 nitrogen and oxygen atoms in total. The van der Waals surface area contributed by atoms with Gasteiger partial charge in [-0.1, -0.05) is 33.6 Å². The molecule has 1 fully saturated rings. The first kappa shape index (κ1) is 13.9. The molecule has 3 heteroatoms. The number of aliphatic hydroxyl groups excluding tert-OH is 1. The molecule has 96 valence electrons. The summed E-state index contributed by atoms with van der Waals surface area (Å²) in [7, 11) is 0. The fourth-order valence-corrected chi connectivity index (χ4v) is 2.37. The highest BCUT2D eigenvalue weighted by Crippen LogP contribution is 2.19. The zero-order valence-corrected chi connectivity index (χ0v) is 11.0. The fraction of sp³-hybridized carbons (Fsp3) is 1.00. The fourth-order valence-electron chi connectivity index (χ4n) is 2.37. The second kappa shape index (κ2) is 7.25. The predicted octanol–water partition coefficient (Wildman–Crippen LogP) is 1.89. The monoisotopic (exact) mass is 229 g/mol. The topological polar surface area (TPSA) is 32.7 Å². The van der Waals surface area contributed by atoms with Crippen molar-refractivity contribution < 1.29 is 9.84 Å². The number of likely N-dealkylation sites (N-methyl/N-ethyl adjacent to an activating group) is 1. The van der Waals surface area contributed by atoms with Crippen molar-refractivity contribution >= 4 is 0 Å². The van der Waals surface area contributed by atoms with Gasteiger partial charge in [0.15, 0.2) is 0 Å². The Morgan fingerprint density at radius 1 is 1.31 bits per heavy atom. The molecular formula is C13H27NO2. The van der Waals surface area contributed by atoms with Gasteiger partial charge in [0, 0.05) is 13.1 Å². The number of nitrogens with zero attached hydrogens (tertiary/aromatic N) is 1. The average molecular weight is 229 g/mol. The van der Waals surface area contributed by atoms with E-state index in [-0.39, 0.29) is 12.2 Å². The maximum Gasteiger partial charge on any atom is 0.0961 e. The molecule has 1 N–H and O–H groups in total. The molecule has 1 saturated heterocycles. The van der Waals surface area contributed by atoms with Gasteiger partial charge in [0.1, 0.15) is 0 Å². The second-order valence-electron chi connectivity index (χ2n) is 4.79. The summed E-state index contributed by atoms with van der Waals surface area (Å²) in [5, 5.41) is 10.2. The van der Waals surface area contributed by atoms with Gasteiger partial charge in [-0.15, -0.1) is 0 Å². The van der Waals surface area contributed by atoms with Gasteiger partial charge in [-0.2, -0.15) is 0 Å². The highest BCUT2D eigenvalue weighted by molar-refractivity contribution is 4.78. The Morgan fingerprint density at radius 3 is 2.56 bits per heavy atom. The average Bonchev–Trinajstić information content (AvgIpc) is 2.35. The minimum atomic E-state index is -0.292. The van der Waals surface area contributed by atoms with Crippen molar-refractivity contribution in [2.75, 3.05) is 26.2 Å². The summed E-state index contributed by atoms with van der Waals surface area (Å²) < 4.78 is 5.67. The van der Waals surface area contributed by atoms with Crippen LogP contribution in [0.15, 0.2) is 0 Å². The molecule has 0 spiro atoms. The summed E-state index contributed by atoms with van der Waals surface area (Å²) in [6.45, 7) is 10.3. The molecule has 1 aliphatic rings. The number of morpholine rings is 1. The van der Waals surface area contributed by atoms with Gasteiger partial charge in [-0.3, -0.25) is 4.90 Å². The van der Waals surface area contributed by atoms with Crippen LogP contribution in [0.2, 0.25) is 0 Å². The molecule has 1 aliphatic heterocycles. The van der Waals surface area contributed by atoms with E-state index in [1.807, 2.05) is 0 Å². The molecule has 2 unspecified atom stereocenters. The summed E-state index contributed by atoms with van der Waals surface area (Å²) in [4.78, 5) is 2.35. The summed E-state index contributed by atoms with van der Waals surface area (Å²) in [5.41, 5.74) is 0. The smallest absolute Gasteiger partial charge is 0.0961 e. The lowest BCUT2D eigenvalue weighted by atomic mass is 9.93. The molecule has 0 aromatic rings. The number of aliphatic hydroxyl groups is 1. The van der Waals surface area contributed by atoms with Crippen LogP contribution in [0.5, 0.6) is 0 Å². The molecular weight excluding hydrogens is 202 g/mol. The Hall–Kier alpha value is -0.120. The lowest BCUT2D eigenvalue weighted by molar-refractivity contribution is -0.0932. The third kappa shape index (κ3) is 4.04. The van der Waals surface area contributed by atoms with E-state index in [1.165, 1.54) is 0 Å². The third-order valence-electron chi connectivity index (χ3n) is 3.78. The van der Waals surface area contributed by atoms with E-state index in [0.717, 1.165) is 45.5 Å². The third-order valence-corrected chi connectivity index (χ3v) is 3.78. The van der Waals surface area contributed by atoms with Crippen molar-refractivity contribution in [1.29, 1.82) is 0 Å². The maximum atomic E-state index is 10.2. The Bertz CT molecular complexity index is 183. The van der Waals surface area contributed by atoms with Crippen molar-refractivity contribution in [1.82, 2.24) is 4.90 Å². The van der Waals surface area contributed by atoms with Crippen molar-refractivity contribution in [3.05, 3.63) is 0 Å². The molecule has 1 rings (SSSR count). The van der Waals surface area contributed by atoms with Crippen molar-refractivity contribution in [3.8, 4) is 0 Å². The van der Waals surface area contributed by atoms with Crippen LogP contribution in [0, 0.1) is 5.92 Å². The van der Waals surface area contributed by atoms with Crippen LogP contribution < -0.4 is 0 Å². The van der Waals surface area contributed by atoms with Gasteiger partial charge < -0.3 is 9.84 Å². The molecule has 0 aliphatic carbocycles. The number of hydrogen-bond donors (Lipinski definition) is 1. The highest BCUT2D eigenvalue weighted by Gasteiger charge is 2.27. The molecule has 2 atom stereocenters. The number of ether oxygens (including phenoxy) is 1. The number of rotatable bonds is 6. The first-order valence-electron chi connectivity index (χ1n) is 6.73. The molecule has 0 bridgehead atoms. The Labute approximate surface area is 99.8 Å². The van der Waals surface area contributed by atoms with Gasteiger partial charge >= 0.3 is 0 Å². The van der Waals surface area contributed by atoms with E-state index >= 15 is 0 Å². The van der Waals surface area contributed by atoms with Crippen LogP contribution in [0.1, 0.15) is 40.0 Å². The first-order chi connectivity index (χ1) is 7.71. The van der Waals surface area contributed by atoms with Gasteiger partial charge in [0.2, 0.25) is 0 Å². The van der Waals surface area contributed by atoms with Gasteiger partial charge in [-0.05, 0) is 18.9 Å². The first-order valence-corrected chi connectivity index (χ1v) is 6.73. The Balaban J connectivity index is 2.37. The molecule has 0 aromatic carbocycles. The summed E-state index contributed by atoms with van der Waals surface area (Å²) in [6.07, 6.45) is 2.92. The highest BCUT2D eigenvalue weighted by atomic mass is 16.5. The van der Waals surface area contributed by atoms with Gasteiger partial charge in [0.25, 0.3) is 0 Å². The van der Waals surface area contributed by atoms with Gasteiger partial charge in [-0.25, -0.2) is 0 Å². The van der Waals surface area contributed by atoms with E-state index < -0.39 is 0 Å². The molecule has 16 heavy (non-hydrogen) atoms. The van der Waals surface area contributed by atoms with Crippen LogP contribution in [0.3, 0.4) is 0 Å². The summed E-state index contributed by atoms with van der Waals surface area (Å²) >= 11 is 0. The quantitative estimate of drug-likeness (QED) is 0.755. The van der Waals surface area contributed by atoms with Crippen molar-refractivity contribution in [2.24, 2.45) is 5.92 Å². The van der Waals surface area contributed by atoms with E-state index in [9.17, 15) is 5.11 Å². The lowest BCUT2D eigenvalue weighted by Crippen LogP contribution is -2.47. The Morgan fingerprint density at radius 2 is 2.00 bits per heavy atom. The van der Waals surface area contributed by atoms with Crippen LogP contribution >= 0.6 is 0 Å². The minimum absolute atomic E-state index is 0.0225. The van der Waals surface area contributed by atoms with Crippen molar-refractivity contribution in [2.45, 2.75) is 52.2 Å². The number of hydrogen-bond acceptors (Lipinski definition) is 3. The second-order valence-corrected chi connectivity index (χ2v) is 4.79. The van der Waals surface area contributed by atoms with Crippen LogP contribution in [-0.2, 0) is 4.74 Å². The molecule has 0 amide bonds. The SMILES string of the molecule is CCC(CC)CC(O)C1CN(CC)CCO1. The van der Waals surface area contributed by atoms with Crippen LogP contribution in [0.4, 0.5) is 0 Å². The summed E-state index contributed by atoms with van der Waals surface area (Å²) in [6, 6.07) is 0. The maximum absolute atomic E-state index is 10.2. The minimum Gasteiger partial charge on any atom is -0.390 e. The lowest BCUT2D eigenvalue weighted by Gasteiger charge is -2.35. The van der Waals surface area contributed by atoms with E-state index in [1.54, 1.807) is 0 Å². The van der Waals surface area contributed by atoms with Crippen LogP contribution in [-0.4, -0.2) is 48.5 Å². The Kier molecular flexibility index (Phi) is 6.32. The molecule has 0 radical (unpaired) electrons. The largest absolute Gasteiger partial charge is 0.390 e. The molecule has 1 heterocycles.